The van der Waals surface area contributed by atoms with Crippen molar-refractivity contribution >= 4 is 23.4 Å². The maximum Gasteiger partial charge on any atom is 0.256 e. The van der Waals surface area contributed by atoms with Crippen molar-refractivity contribution < 1.29 is 13.6 Å². The molecule has 0 bridgehead atoms. The summed E-state index contributed by atoms with van der Waals surface area (Å²) in [5, 5.41) is 2.58. The quantitative estimate of drug-likeness (QED) is 0.731. The first-order chi connectivity index (χ1) is 14.1. The molecular formula is C20H18F2N6O. The van der Waals surface area contributed by atoms with Crippen LogP contribution in [-0.4, -0.2) is 47.0 Å². The maximum atomic E-state index is 13.3. The van der Waals surface area contributed by atoms with Crippen molar-refractivity contribution in [2.75, 3.05) is 41.3 Å². The lowest BCUT2D eigenvalue weighted by Crippen LogP contribution is -2.47. The van der Waals surface area contributed by atoms with E-state index in [4.69, 9.17) is 0 Å². The summed E-state index contributed by atoms with van der Waals surface area (Å²) in [6.07, 6.45) is 5.13. The summed E-state index contributed by atoms with van der Waals surface area (Å²) in [4.78, 5) is 29.3. The third-order valence-electron chi connectivity index (χ3n) is 4.65. The lowest BCUT2D eigenvalue weighted by molar-refractivity contribution is 0.102. The van der Waals surface area contributed by atoms with Gasteiger partial charge in [0.05, 0.1) is 11.9 Å². The number of hydrogen-bond acceptors (Lipinski definition) is 6. The van der Waals surface area contributed by atoms with Crippen molar-refractivity contribution in [1.29, 1.82) is 0 Å². The zero-order valence-corrected chi connectivity index (χ0v) is 15.4. The van der Waals surface area contributed by atoms with Crippen LogP contribution in [-0.2, 0) is 0 Å². The van der Waals surface area contributed by atoms with E-state index in [0.717, 1.165) is 49.9 Å². The molecule has 9 heteroatoms. The number of rotatable bonds is 4. The number of carbonyl (C=O) groups is 1. The van der Waals surface area contributed by atoms with Gasteiger partial charge in [-0.05, 0) is 36.4 Å². The highest BCUT2D eigenvalue weighted by molar-refractivity contribution is 6.03. The van der Waals surface area contributed by atoms with E-state index >= 15 is 0 Å². The molecule has 1 saturated heterocycles. The smallest absolute Gasteiger partial charge is 0.256 e. The van der Waals surface area contributed by atoms with E-state index < -0.39 is 17.5 Å². The number of halogens is 2. The van der Waals surface area contributed by atoms with Crippen molar-refractivity contribution in [3.63, 3.8) is 0 Å². The predicted octanol–water partition coefficient (Wildman–Crippen LogP) is 2.73. The highest BCUT2D eigenvalue weighted by Crippen LogP contribution is 2.19. The Kier molecular flexibility index (Phi) is 5.28. The van der Waals surface area contributed by atoms with Crippen molar-refractivity contribution in [2.24, 2.45) is 0 Å². The molecule has 148 valence electrons. The van der Waals surface area contributed by atoms with E-state index in [-0.39, 0.29) is 5.56 Å². The van der Waals surface area contributed by atoms with E-state index in [1.165, 1.54) is 6.07 Å². The molecule has 0 unspecified atom stereocenters. The number of hydrogen-bond donors (Lipinski definition) is 1. The van der Waals surface area contributed by atoms with Crippen LogP contribution in [0, 0.1) is 11.6 Å². The van der Waals surface area contributed by atoms with E-state index in [9.17, 15) is 13.6 Å². The normalized spacial score (nSPS) is 14.0. The standard InChI is InChI=1S/C20H18F2N6O/c21-16-4-2-14(12-17(16)22)19(29)26-18-5-3-15(13-25-18)27-8-10-28(11-9-27)20-23-6-1-7-24-20/h1-7,12-13H,8-11H2,(H,25,26,29). The Morgan fingerprint density at radius 2 is 1.62 bits per heavy atom. The minimum atomic E-state index is -1.07. The van der Waals surface area contributed by atoms with Gasteiger partial charge in [-0.25, -0.2) is 23.7 Å². The number of pyridine rings is 1. The van der Waals surface area contributed by atoms with Crippen LogP contribution < -0.4 is 15.1 Å². The number of carbonyl (C=O) groups excluding carboxylic acids is 1. The van der Waals surface area contributed by atoms with Gasteiger partial charge in [0.1, 0.15) is 5.82 Å². The molecule has 3 heterocycles. The maximum absolute atomic E-state index is 13.3. The van der Waals surface area contributed by atoms with Gasteiger partial charge < -0.3 is 15.1 Å². The molecule has 1 fully saturated rings. The minimum absolute atomic E-state index is 0.0222. The summed E-state index contributed by atoms with van der Waals surface area (Å²) in [5.41, 5.74) is 0.957. The summed E-state index contributed by atoms with van der Waals surface area (Å²) >= 11 is 0. The molecule has 29 heavy (non-hydrogen) atoms. The third kappa shape index (κ3) is 4.29. The summed E-state index contributed by atoms with van der Waals surface area (Å²) in [6.45, 7) is 3.16. The molecule has 3 aromatic rings. The number of nitrogens with zero attached hydrogens (tertiary/aromatic N) is 5. The predicted molar refractivity (Wildman–Crippen MR) is 105 cm³/mol. The van der Waals surface area contributed by atoms with Crippen LogP contribution in [0.5, 0.6) is 0 Å². The average Bonchev–Trinajstić information content (AvgIpc) is 2.77. The average molecular weight is 396 g/mol. The molecule has 1 amide bonds. The van der Waals surface area contributed by atoms with Gasteiger partial charge in [-0.1, -0.05) is 0 Å². The zero-order chi connectivity index (χ0) is 20.2. The monoisotopic (exact) mass is 396 g/mol. The molecular weight excluding hydrogens is 378 g/mol. The Balaban J connectivity index is 1.36. The van der Waals surface area contributed by atoms with Gasteiger partial charge >= 0.3 is 0 Å². The first kappa shape index (κ1) is 18.7. The third-order valence-corrected chi connectivity index (χ3v) is 4.65. The molecule has 1 aromatic carbocycles. The van der Waals surface area contributed by atoms with E-state index in [1.807, 2.05) is 6.07 Å². The Bertz CT molecular complexity index is 992. The summed E-state index contributed by atoms with van der Waals surface area (Å²) in [5.74, 6) is -1.56. The van der Waals surface area contributed by atoms with Gasteiger partial charge in [0.2, 0.25) is 5.95 Å². The first-order valence-electron chi connectivity index (χ1n) is 9.09. The fourth-order valence-electron chi connectivity index (χ4n) is 3.09. The van der Waals surface area contributed by atoms with E-state index in [0.29, 0.717) is 5.82 Å². The summed E-state index contributed by atoms with van der Waals surface area (Å²) in [7, 11) is 0. The highest BCUT2D eigenvalue weighted by Gasteiger charge is 2.19. The van der Waals surface area contributed by atoms with Crippen LogP contribution in [0.3, 0.4) is 0 Å². The Hall–Kier alpha value is -3.62. The second kappa shape index (κ2) is 8.17. The van der Waals surface area contributed by atoms with Crippen LogP contribution in [0.25, 0.3) is 0 Å². The number of nitrogens with one attached hydrogen (secondary N) is 1. The fraction of sp³-hybridized carbons (Fsp3) is 0.200. The van der Waals surface area contributed by atoms with E-state index in [2.05, 4.69) is 30.1 Å². The van der Waals surface area contributed by atoms with Crippen LogP contribution >= 0.6 is 0 Å². The lowest BCUT2D eigenvalue weighted by atomic mass is 10.2. The molecule has 1 aliphatic rings. The Morgan fingerprint density at radius 1 is 0.897 bits per heavy atom. The zero-order valence-electron chi connectivity index (χ0n) is 15.4. The van der Waals surface area contributed by atoms with Crippen molar-refractivity contribution in [3.05, 3.63) is 72.2 Å². The minimum Gasteiger partial charge on any atom is -0.367 e. The number of amides is 1. The van der Waals surface area contributed by atoms with Gasteiger partial charge in [-0.2, -0.15) is 0 Å². The van der Waals surface area contributed by atoms with Crippen LogP contribution in [0.15, 0.2) is 55.0 Å². The number of anilines is 3. The molecule has 0 saturated carbocycles. The molecule has 4 rings (SSSR count). The van der Waals surface area contributed by atoms with Crippen molar-refractivity contribution in [1.82, 2.24) is 15.0 Å². The van der Waals surface area contributed by atoms with Gasteiger partial charge in [0, 0.05) is 44.1 Å². The number of piperazine rings is 1. The molecule has 7 nitrogen and oxygen atoms in total. The largest absolute Gasteiger partial charge is 0.367 e. The SMILES string of the molecule is O=C(Nc1ccc(N2CCN(c3ncccn3)CC2)cn1)c1ccc(F)c(F)c1. The van der Waals surface area contributed by atoms with Gasteiger partial charge in [0.15, 0.2) is 11.6 Å². The number of benzene rings is 1. The van der Waals surface area contributed by atoms with Crippen LogP contribution in [0.1, 0.15) is 10.4 Å². The first-order valence-corrected chi connectivity index (χ1v) is 9.09. The molecule has 0 aliphatic carbocycles. The van der Waals surface area contributed by atoms with Crippen molar-refractivity contribution in [2.45, 2.75) is 0 Å². The fourth-order valence-corrected chi connectivity index (χ4v) is 3.09. The van der Waals surface area contributed by atoms with Gasteiger partial charge in [-0.15, -0.1) is 0 Å². The highest BCUT2D eigenvalue weighted by atomic mass is 19.2. The van der Waals surface area contributed by atoms with E-state index in [1.54, 1.807) is 30.7 Å². The molecule has 2 aromatic heterocycles. The Morgan fingerprint density at radius 3 is 2.28 bits per heavy atom. The molecule has 0 spiro atoms. The molecule has 0 atom stereocenters. The van der Waals surface area contributed by atoms with Gasteiger partial charge in [-0.3, -0.25) is 4.79 Å². The van der Waals surface area contributed by atoms with Crippen molar-refractivity contribution in [3.8, 4) is 0 Å². The lowest BCUT2D eigenvalue weighted by Gasteiger charge is -2.35. The molecule has 1 aliphatic heterocycles. The second-order valence-electron chi connectivity index (χ2n) is 6.51. The molecule has 0 radical (unpaired) electrons. The van der Waals surface area contributed by atoms with Crippen LogP contribution in [0.2, 0.25) is 0 Å². The summed E-state index contributed by atoms with van der Waals surface area (Å²) in [6, 6.07) is 8.33. The summed E-state index contributed by atoms with van der Waals surface area (Å²) < 4.78 is 26.3. The second-order valence-corrected chi connectivity index (χ2v) is 6.51. The Labute approximate surface area is 166 Å². The van der Waals surface area contributed by atoms with Crippen LogP contribution in [0.4, 0.5) is 26.2 Å². The topological polar surface area (TPSA) is 74.2 Å². The van der Waals surface area contributed by atoms with Gasteiger partial charge in [0.25, 0.3) is 5.91 Å². The number of aromatic nitrogens is 3. The molecule has 1 N–H and O–H groups in total.